The van der Waals surface area contributed by atoms with Gasteiger partial charge in [0.05, 0.1) is 6.04 Å². The molecule has 0 radical (unpaired) electrons. The molecule has 1 heterocycles. The Morgan fingerprint density at radius 1 is 1.00 bits per heavy atom. The predicted octanol–water partition coefficient (Wildman–Crippen LogP) is -2.58. The van der Waals surface area contributed by atoms with Crippen molar-refractivity contribution in [3.8, 4) is 0 Å². The molecule has 0 spiro atoms. The van der Waals surface area contributed by atoms with Crippen molar-refractivity contribution >= 4 is 48.2 Å². The molecule has 0 aliphatic carbocycles. The Kier molecular flexibility index (Phi) is 10.9. The first-order valence-electron chi connectivity index (χ1n) is 9.98. The Hall–Kier alpha value is -2.87. The van der Waals surface area contributed by atoms with Gasteiger partial charge in [0.15, 0.2) is 0 Å². The van der Waals surface area contributed by atoms with Gasteiger partial charge < -0.3 is 37.2 Å². The molecule has 32 heavy (non-hydrogen) atoms. The first kappa shape index (κ1) is 27.2. The second kappa shape index (κ2) is 12.9. The molecule has 14 heteroatoms. The van der Waals surface area contributed by atoms with Crippen molar-refractivity contribution in [2.75, 3.05) is 12.3 Å². The molecule has 13 nitrogen and oxygen atoms in total. The number of nitrogens with two attached hydrogens (primary N) is 2. The van der Waals surface area contributed by atoms with Crippen LogP contribution in [0.3, 0.4) is 0 Å². The number of amides is 4. The minimum Gasteiger partial charge on any atom is -0.481 e. The summed E-state index contributed by atoms with van der Waals surface area (Å²) in [6.45, 7) is 0.212. The van der Waals surface area contributed by atoms with Crippen molar-refractivity contribution in [2.24, 2.45) is 11.5 Å². The number of carboxylic acids is 2. The van der Waals surface area contributed by atoms with Gasteiger partial charge in [-0.1, -0.05) is 0 Å². The van der Waals surface area contributed by atoms with Crippen LogP contribution in [0.1, 0.15) is 38.5 Å². The molecule has 0 saturated carbocycles. The van der Waals surface area contributed by atoms with Gasteiger partial charge in [-0.15, -0.1) is 0 Å². The minimum absolute atomic E-state index is 0.0717. The van der Waals surface area contributed by atoms with E-state index in [9.17, 15) is 33.9 Å². The van der Waals surface area contributed by atoms with Crippen molar-refractivity contribution in [3.05, 3.63) is 0 Å². The number of hydrogen-bond acceptors (Lipinski definition) is 8. The molecule has 4 unspecified atom stereocenters. The molecule has 4 amide bonds. The van der Waals surface area contributed by atoms with Gasteiger partial charge in [0.2, 0.25) is 23.6 Å². The number of rotatable bonds is 13. The summed E-state index contributed by atoms with van der Waals surface area (Å²) >= 11 is 4.05. The highest BCUT2D eigenvalue weighted by atomic mass is 32.1. The Bertz CT molecular complexity index is 749. The number of likely N-dealkylation sites (tertiary alicyclic amines) is 1. The lowest BCUT2D eigenvalue weighted by molar-refractivity contribution is -0.149. The van der Waals surface area contributed by atoms with E-state index in [0.29, 0.717) is 6.42 Å². The molecule has 1 rings (SSSR count). The van der Waals surface area contributed by atoms with E-state index >= 15 is 0 Å². The van der Waals surface area contributed by atoms with Crippen molar-refractivity contribution < 1.29 is 39.0 Å². The summed E-state index contributed by atoms with van der Waals surface area (Å²) in [7, 11) is 0. The van der Waals surface area contributed by atoms with Gasteiger partial charge in [0.25, 0.3) is 0 Å². The van der Waals surface area contributed by atoms with Gasteiger partial charge in [-0.05, 0) is 25.7 Å². The summed E-state index contributed by atoms with van der Waals surface area (Å²) in [4.78, 5) is 72.0. The molecule has 0 aromatic rings. The number of carboxylic acid groups (broad SMARTS) is 2. The smallest absolute Gasteiger partial charge is 0.326 e. The molecule has 1 saturated heterocycles. The fourth-order valence-corrected chi connectivity index (χ4v) is 3.44. The Balaban J connectivity index is 2.87. The Morgan fingerprint density at radius 3 is 2.16 bits per heavy atom. The third-order valence-corrected chi connectivity index (χ3v) is 5.30. The summed E-state index contributed by atoms with van der Waals surface area (Å²) in [5.74, 6) is -5.46. The highest BCUT2D eigenvalue weighted by molar-refractivity contribution is 7.80. The average Bonchev–Trinajstić information content (AvgIpc) is 3.22. The molecule has 1 fully saturated rings. The van der Waals surface area contributed by atoms with E-state index in [1.54, 1.807) is 0 Å². The van der Waals surface area contributed by atoms with Gasteiger partial charge >= 0.3 is 11.9 Å². The fourth-order valence-electron chi connectivity index (χ4n) is 3.19. The summed E-state index contributed by atoms with van der Waals surface area (Å²) < 4.78 is 0. The molecule has 0 bridgehead atoms. The Morgan fingerprint density at radius 2 is 1.62 bits per heavy atom. The maximum atomic E-state index is 12.7. The SMILES string of the molecule is NC(=O)CCC(N)C(=O)NC(CCC(=O)O)C(=O)NC(CS)C(=O)N1CCCC1C(=O)O. The number of carbonyl (C=O) groups excluding carboxylic acids is 4. The third-order valence-electron chi connectivity index (χ3n) is 4.94. The zero-order valence-electron chi connectivity index (χ0n) is 17.4. The number of hydrogen-bond donors (Lipinski definition) is 7. The molecule has 0 aromatic heterocycles. The molecular weight excluding hydrogens is 446 g/mol. The first-order valence-corrected chi connectivity index (χ1v) is 10.6. The second-order valence-corrected chi connectivity index (χ2v) is 7.74. The topological polar surface area (TPSA) is 222 Å². The summed E-state index contributed by atoms with van der Waals surface area (Å²) in [5, 5.41) is 22.9. The molecule has 1 aliphatic rings. The zero-order valence-corrected chi connectivity index (χ0v) is 18.3. The molecule has 4 atom stereocenters. The van der Waals surface area contributed by atoms with E-state index in [1.807, 2.05) is 0 Å². The van der Waals surface area contributed by atoms with E-state index < -0.39 is 66.2 Å². The van der Waals surface area contributed by atoms with E-state index in [4.69, 9.17) is 16.6 Å². The normalized spacial score (nSPS) is 18.3. The minimum atomic E-state index is -1.33. The van der Waals surface area contributed by atoms with Crippen molar-refractivity contribution in [3.63, 3.8) is 0 Å². The van der Waals surface area contributed by atoms with Crippen LogP contribution in [0.4, 0.5) is 0 Å². The molecular formula is C18H29N5O8S. The van der Waals surface area contributed by atoms with Crippen molar-refractivity contribution in [2.45, 2.75) is 62.7 Å². The van der Waals surface area contributed by atoms with E-state index in [0.717, 1.165) is 4.90 Å². The highest BCUT2D eigenvalue weighted by Gasteiger charge is 2.38. The van der Waals surface area contributed by atoms with Gasteiger partial charge in [-0.25, -0.2) is 4.79 Å². The van der Waals surface area contributed by atoms with Crippen LogP contribution in [-0.2, 0) is 28.8 Å². The molecule has 1 aliphatic heterocycles. The largest absolute Gasteiger partial charge is 0.481 e. The van der Waals surface area contributed by atoms with Gasteiger partial charge in [0.1, 0.15) is 18.1 Å². The lowest BCUT2D eigenvalue weighted by Gasteiger charge is -2.28. The number of nitrogens with zero attached hydrogens (tertiary/aromatic N) is 1. The summed E-state index contributed by atoms with van der Waals surface area (Å²) in [6, 6.07) is -4.68. The number of carbonyl (C=O) groups is 6. The average molecular weight is 476 g/mol. The number of primary amides is 1. The second-order valence-electron chi connectivity index (χ2n) is 7.38. The summed E-state index contributed by atoms with van der Waals surface area (Å²) in [6.07, 6.45) is -0.188. The van der Waals surface area contributed by atoms with Gasteiger partial charge in [0, 0.05) is 25.1 Å². The fraction of sp³-hybridized carbons (Fsp3) is 0.667. The number of thiol groups is 1. The van der Waals surface area contributed by atoms with Crippen molar-refractivity contribution in [1.29, 1.82) is 0 Å². The van der Waals surface area contributed by atoms with Crippen LogP contribution in [0.15, 0.2) is 0 Å². The maximum absolute atomic E-state index is 12.7. The molecule has 0 aromatic carbocycles. The van der Waals surface area contributed by atoms with Crippen LogP contribution < -0.4 is 22.1 Å². The van der Waals surface area contributed by atoms with Crippen LogP contribution in [0, 0.1) is 0 Å². The monoisotopic (exact) mass is 475 g/mol. The van der Waals surface area contributed by atoms with Gasteiger partial charge in [-0.3, -0.25) is 24.0 Å². The Labute approximate surface area is 189 Å². The number of aliphatic carboxylic acids is 2. The van der Waals surface area contributed by atoms with Crippen LogP contribution in [-0.4, -0.2) is 87.1 Å². The lowest BCUT2D eigenvalue weighted by Crippen LogP contribution is -2.57. The molecule has 8 N–H and O–H groups in total. The van der Waals surface area contributed by atoms with Crippen LogP contribution in [0.25, 0.3) is 0 Å². The van der Waals surface area contributed by atoms with Crippen LogP contribution >= 0.6 is 12.6 Å². The standard InChI is InChI=1S/C18H29N5O8S/c19-9(3-5-13(20)24)15(27)21-10(4-6-14(25)26)16(28)22-11(8-32)17(29)23-7-1-2-12(23)18(30)31/h9-12,32H,1-8,19H2,(H2,20,24)(H,21,27)(H,22,28)(H,25,26)(H,30,31). The van der Waals surface area contributed by atoms with E-state index in [-0.39, 0.29) is 38.0 Å². The third kappa shape index (κ3) is 8.34. The first-order chi connectivity index (χ1) is 15.0. The van der Waals surface area contributed by atoms with E-state index in [1.165, 1.54) is 0 Å². The molecule has 180 valence electrons. The van der Waals surface area contributed by atoms with Crippen LogP contribution in [0.5, 0.6) is 0 Å². The van der Waals surface area contributed by atoms with Crippen LogP contribution in [0.2, 0.25) is 0 Å². The maximum Gasteiger partial charge on any atom is 0.326 e. The predicted molar refractivity (Wildman–Crippen MR) is 113 cm³/mol. The zero-order chi connectivity index (χ0) is 24.4. The lowest BCUT2D eigenvalue weighted by atomic mass is 10.1. The number of nitrogens with one attached hydrogen (secondary N) is 2. The quantitative estimate of drug-likeness (QED) is 0.139. The van der Waals surface area contributed by atoms with E-state index in [2.05, 4.69) is 23.3 Å². The van der Waals surface area contributed by atoms with Gasteiger partial charge in [-0.2, -0.15) is 12.6 Å². The van der Waals surface area contributed by atoms with Crippen molar-refractivity contribution in [1.82, 2.24) is 15.5 Å². The summed E-state index contributed by atoms with van der Waals surface area (Å²) in [5.41, 5.74) is 10.7. The highest BCUT2D eigenvalue weighted by Crippen LogP contribution is 2.19.